The molecule has 0 bridgehead atoms. The van der Waals surface area contributed by atoms with E-state index in [2.05, 4.69) is 153 Å². The van der Waals surface area contributed by atoms with E-state index in [4.69, 9.17) is 5.73 Å². The monoisotopic (exact) mass is 643 g/mol. The van der Waals surface area contributed by atoms with E-state index in [1.165, 1.54) is 75.8 Å². The summed E-state index contributed by atoms with van der Waals surface area (Å²) in [4.78, 5) is 3.98. The van der Waals surface area contributed by atoms with Gasteiger partial charge in [0.05, 0.1) is 15.8 Å². The molecular weight excluding hydrogens is 607 g/mol. The first-order valence-corrected chi connectivity index (χ1v) is 18.1. The van der Waals surface area contributed by atoms with Crippen molar-refractivity contribution in [2.24, 2.45) is 0 Å². The number of anilines is 1. The third-order valence-corrected chi connectivity index (χ3v) is 12.1. The van der Waals surface area contributed by atoms with Gasteiger partial charge in [0.2, 0.25) is 0 Å². The minimum atomic E-state index is -0.468. The first-order valence-electron chi connectivity index (χ1n) is 16.5. The third-order valence-electron chi connectivity index (χ3n) is 9.97. The minimum absolute atomic E-state index is 0.423. The molecule has 2 aliphatic rings. The normalized spacial score (nSPS) is 16.4. The van der Waals surface area contributed by atoms with Crippen molar-refractivity contribution in [1.82, 2.24) is 0 Å². The van der Waals surface area contributed by atoms with Crippen LogP contribution in [0.2, 0.25) is 0 Å². The van der Waals surface area contributed by atoms with Gasteiger partial charge in [0, 0.05) is 14.6 Å². The lowest BCUT2D eigenvalue weighted by Gasteiger charge is -2.35. The molecular formula is C44H37NS2. The number of fused-ring (bicyclic) bond motifs is 6. The van der Waals surface area contributed by atoms with Crippen LogP contribution in [-0.2, 0) is 10.8 Å². The summed E-state index contributed by atoms with van der Waals surface area (Å²) in [6, 6.07) is 52.1. The smallest absolute Gasteiger partial charge is 0.0866 e. The average molecular weight is 644 g/mol. The SMILES string of the molecule is CC.Cc1ccc(C2(c3ccccc3)c3cc4c(cc3-c3sc(C)cc32)C(c2ccccc2)(c2ccccc2)c2cc(N)sc2-4)cc1. The number of thiophene rings is 2. The second-order valence-electron chi connectivity index (χ2n) is 12.4. The molecule has 0 spiro atoms. The van der Waals surface area contributed by atoms with Crippen molar-refractivity contribution in [1.29, 1.82) is 0 Å². The zero-order chi connectivity index (χ0) is 32.3. The van der Waals surface area contributed by atoms with Gasteiger partial charge in [0.15, 0.2) is 0 Å². The van der Waals surface area contributed by atoms with Crippen LogP contribution < -0.4 is 5.73 Å². The number of nitrogen functional groups attached to an aromatic ring is 1. The molecule has 0 amide bonds. The molecule has 7 aromatic rings. The average Bonchev–Trinajstić information content (AvgIpc) is 3.83. The molecule has 1 atom stereocenters. The lowest BCUT2D eigenvalue weighted by Crippen LogP contribution is -2.29. The van der Waals surface area contributed by atoms with Gasteiger partial charge in [-0.1, -0.05) is 135 Å². The summed E-state index contributed by atoms with van der Waals surface area (Å²) in [6.45, 7) is 8.42. The van der Waals surface area contributed by atoms with E-state index in [1.807, 2.05) is 25.2 Å². The number of hydrogen-bond donors (Lipinski definition) is 1. The molecule has 230 valence electrons. The fourth-order valence-electron chi connectivity index (χ4n) is 8.21. The molecule has 2 heterocycles. The number of rotatable bonds is 4. The van der Waals surface area contributed by atoms with Crippen molar-refractivity contribution in [3.63, 3.8) is 0 Å². The quantitative estimate of drug-likeness (QED) is 0.203. The Morgan fingerprint density at radius 2 is 0.851 bits per heavy atom. The molecule has 1 unspecified atom stereocenters. The van der Waals surface area contributed by atoms with Crippen LogP contribution in [0.4, 0.5) is 5.00 Å². The fourth-order valence-corrected chi connectivity index (χ4v) is 10.3. The summed E-state index contributed by atoms with van der Waals surface area (Å²) in [5, 5.41) is 0.852. The Morgan fingerprint density at radius 3 is 1.32 bits per heavy atom. The van der Waals surface area contributed by atoms with Crippen LogP contribution >= 0.6 is 22.7 Å². The van der Waals surface area contributed by atoms with E-state index in [0.29, 0.717) is 0 Å². The molecule has 5 aromatic carbocycles. The van der Waals surface area contributed by atoms with Gasteiger partial charge in [-0.05, 0) is 93.7 Å². The van der Waals surface area contributed by atoms with Gasteiger partial charge in [-0.3, -0.25) is 0 Å². The van der Waals surface area contributed by atoms with E-state index >= 15 is 0 Å². The summed E-state index contributed by atoms with van der Waals surface area (Å²) in [5.41, 5.74) is 20.2. The van der Waals surface area contributed by atoms with Gasteiger partial charge in [-0.2, -0.15) is 0 Å². The lowest BCUT2D eigenvalue weighted by atomic mass is 9.66. The first kappa shape index (κ1) is 29.7. The highest BCUT2D eigenvalue weighted by Gasteiger charge is 2.52. The maximum Gasteiger partial charge on any atom is 0.0866 e. The zero-order valence-electron chi connectivity index (χ0n) is 27.2. The second kappa shape index (κ2) is 11.2. The molecule has 2 N–H and O–H groups in total. The number of aryl methyl sites for hydroxylation is 2. The molecule has 0 radical (unpaired) electrons. The van der Waals surface area contributed by atoms with Crippen molar-refractivity contribution < 1.29 is 0 Å². The summed E-state index contributed by atoms with van der Waals surface area (Å²) in [5.74, 6) is 0. The predicted molar refractivity (Wildman–Crippen MR) is 202 cm³/mol. The summed E-state index contributed by atoms with van der Waals surface area (Å²) < 4.78 is 0. The highest BCUT2D eigenvalue weighted by Crippen LogP contribution is 2.65. The van der Waals surface area contributed by atoms with E-state index in [0.717, 1.165) is 5.00 Å². The van der Waals surface area contributed by atoms with Gasteiger partial charge in [0.1, 0.15) is 0 Å². The molecule has 3 heteroatoms. The minimum Gasteiger partial charge on any atom is -0.391 e. The molecule has 9 rings (SSSR count). The van der Waals surface area contributed by atoms with Crippen molar-refractivity contribution in [3.8, 4) is 20.9 Å². The second-order valence-corrected chi connectivity index (χ2v) is 14.7. The van der Waals surface area contributed by atoms with Gasteiger partial charge >= 0.3 is 0 Å². The molecule has 2 aliphatic carbocycles. The van der Waals surface area contributed by atoms with Crippen LogP contribution in [0, 0.1) is 13.8 Å². The predicted octanol–water partition coefficient (Wildman–Crippen LogP) is 11.8. The highest BCUT2D eigenvalue weighted by molar-refractivity contribution is 7.19. The van der Waals surface area contributed by atoms with Crippen LogP contribution in [-0.4, -0.2) is 0 Å². The maximum atomic E-state index is 6.67. The van der Waals surface area contributed by atoms with Crippen LogP contribution in [0.25, 0.3) is 20.9 Å². The van der Waals surface area contributed by atoms with E-state index < -0.39 is 10.8 Å². The topological polar surface area (TPSA) is 26.0 Å². The van der Waals surface area contributed by atoms with Crippen LogP contribution in [0.1, 0.15) is 68.8 Å². The first-order chi connectivity index (χ1) is 23.0. The van der Waals surface area contributed by atoms with Crippen LogP contribution in [0.15, 0.2) is 140 Å². The number of nitrogens with two attached hydrogens (primary N) is 1. The Morgan fingerprint density at radius 1 is 0.447 bits per heavy atom. The highest BCUT2D eigenvalue weighted by atomic mass is 32.1. The lowest BCUT2D eigenvalue weighted by molar-refractivity contribution is 0.760. The summed E-state index contributed by atoms with van der Waals surface area (Å²) >= 11 is 3.64. The largest absolute Gasteiger partial charge is 0.391 e. The van der Waals surface area contributed by atoms with Crippen LogP contribution in [0.3, 0.4) is 0 Å². The van der Waals surface area contributed by atoms with Crippen molar-refractivity contribution in [2.45, 2.75) is 38.5 Å². The Kier molecular flexibility index (Phi) is 7.09. The van der Waals surface area contributed by atoms with Crippen molar-refractivity contribution in [2.75, 3.05) is 5.73 Å². The number of benzene rings is 5. The Bertz CT molecular complexity index is 2190. The standard InChI is InChI=1S/C42H31NS2.C2H6/c1-26-18-20-31(21-19-26)42(30-16-10-5-11-17-30)34-24-33-35(23-32(34)39-36(42)22-27(2)44-39)41(28-12-6-3-7-13-28,29-14-8-4-9-15-29)37-25-38(43)45-40(33)37;1-2/h3-25H,43H2,1-2H3;1-2H3. The van der Waals surface area contributed by atoms with Crippen molar-refractivity contribution >= 4 is 27.7 Å². The molecule has 0 fully saturated rings. The van der Waals surface area contributed by atoms with E-state index in [-0.39, 0.29) is 0 Å². The van der Waals surface area contributed by atoms with Gasteiger partial charge < -0.3 is 5.73 Å². The Labute approximate surface area is 286 Å². The Balaban J connectivity index is 0.00000159. The molecule has 47 heavy (non-hydrogen) atoms. The van der Waals surface area contributed by atoms with Crippen LogP contribution in [0.5, 0.6) is 0 Å². The number of hydrogen-bond acceptors (Lipinski definition) is 3. The molecule has 0 saturated heterocycles. The van der Waals surface area contributed by atoms with Gasteiger partial charge in [-0.15, -0.1) is 22.7 Å². The molecule has 1 nitrogen and oxygen atoms in total. The maximum absolute atomic E-state index is 6.67. The van der Waals surface area contributed by atoms with E-state index in [1.54, 1.807) is 11.3 Å². The van der Waals surface area contributed by atoms with Gasteiger partial charge in [-0.25, -0.2) is 0 Å². The third kappa shape index (κ3) is 4.06. The zero-order valence-corrected chi connectivity index (χ0v) is 28.8. The molecule has 0 aliphatic heterocycles. The van der Waals surface area contributed by atoms with E-state index in [9.17, 15) is 0 Å². The Hall–Kier alpha value is -4.70. The van der Waals surface area contributed by atoms with Gasteiger partial charge in [0.25, 0.3) is 0 Å². The molecule has 2 aromatic heterocycles. The summed E-state index contributed by atoms with van der Waals surface area (Å²) in [7, 11) is 0. The van der Waals surface area contributed by atoms with Crippen molar-refractivity contribution in [3.05, 3.63) is 194 Å². The molecule has 0 saturated carbocycles. The summed E-state index contributed by atoms with van der Waals surface area (Å²) in [6.07, 6.45) is 0. The fraction of sp³-hybridized carbons (Fsp3) is 0.136.